The molecular formula is C11H11BrN2O2. The van der Waals surface area contributed by atoms with Crippen LogP contribution in [-0.2, 0) is 13.6 Å². The number of pyridine rings is 1. The average molecular weight is 283 g/mol. The summed E-state index contributed by atoms with van der Waals surface area (Å²) in [6, 6.07) is 7.01. The lowest BCUT2D eigenvalue weighted by atomic mass is 10.4. The van der Waals surface area contributed by atoms with Gasteiger partial charge in [-0.2, -0.15) is 0 Å². The molecule has 2 rings (SSSR count). The van der Waals surface area contributed by atoms with E-state index in [0.29, 0.717) is 11.2 Å². The predicted molar refractivity (Wildman–Crippen MR) is 65.4 cm³/mol. The highest BCUT2D eigenvalue weighted by Gasteiger charge is 1.99. The molecule has 0 spiro atoms. The third-order valence-electron chi connectivity index (χ3n) is 2.18. The molecule has 16 heavy (non-hydrogen) atoms. The Morgan fingerprint density at radius 1 is 1.38 bits per heavy atom. The summed E-state index contributed by atoms with van der Waals surface area (Å²) in [4.78, 5) is 11.2. The third-order valence-corrected chi connectivity index (χ3v) is 2.61. The van der Waals surface area contributed by atoms with Crippen molar-refractivity contribution in [1.82, 2.24) is 4.57 Å². The van der Waals surface area contributed by atoms with E-state index in [-0.39, 0.29) is 5.56 Å². The molecule has 0 aromatic carbocycles. The molecule has 0 aliphatic heterocycles. The number of halogens is 1. The third kappa shape index (κ3) is 2.55. The predicted octanol–water partition coefficient (Wildman–Crippen LogP) is 2.35. The summed E-state index contributed by atoms with van der Waals surface area (Å²) >= 11 is 3.24. The molecule has 0 amide bonds. The van der Waals surface area contributed by atoms with Crippen LogP contribution in [0.1, 0.15) is 5.76 Å². The van der Waals surface area contributed by atoms with Crippen LogP contribution in [0.5, 0.6) is 0 Å². The van der Waals surface area contributed by atoms with Crippen LogP contribution in [0.2, 0.25) is 0 Å². The molecule has 0 saturated heterocycles. The Morgan fingerprint density at radius 2 is 2.19 bits per heavy atom. The van der Waals surface area contributed by atoms with Crippen LogP contribution in [0.4, 0.5) is 5.69 Å². The second-order valence-corrected chi connectivity index (χ2v) is 4.21. The number of aromatic nitrogens is 1. The van der Waals surface area contributed by atoms with E-state index >= 15 is 0 Å². The first-order valence-corrected chi connectivity index (χ1v) is 5.59. The Morgan fingerprint density at radius 3 is 2.81 bits per heavy atom. The fourth-order valence-corrected chi connectivity index (χ4v) is 1.67. The van der Waals surface area contributed by atoms with Crippen LogP contribution in [0, 0.1) is 0 Å². The van der Waals surface area contributed by atoms with Crippen molar-refractivity contribution < 1.29 is 4.42 Å². The van der Waals surface area contributed by atoms with Gasteiger partial charge in [-0.1, -0.05) is 0 Å². The van der Waals surface area contributed by atoms with Crippen molar-refractivity contribution in [3.63, 3.8) is 0 Å². The van der Waals surface area contributed by atoms with E-state index in [1.54, 1.807) is 19.3 Å². The van der Waals surface area contributed by atoms with Crippen molar-refractivity contribution in [3.8, 4) is 0 Å². The second-order valence-electron chi connectivity index (χ2n) is 3.43. The van der Waals surface area contributed by atoms with Crippen LogP contribution in [0.15, 0.2) is 44.3 Å². The maximum Gasteiger partial charge on any atom is 0.250 e. The zero-order valence-corrected chi connectivity index (χ0v) is 10.3. The van der Waals surface area contributed by atoms with E-state index in [4.69, 9.17) is 4.42 Å². The molecule has 0 aliphatic carbocycles. The minimum absolute atomic E-state index is 0.0220. The van der Waals surface area contributed by atoms with E-state index in [2.05, 4.69) is 21.2 Å². The summed E-state index contributed by atoms with van der Waals surface area (Å²) in [5, 5.41) is 3.17. The van der Waals surface area contributed by atoms with Gasteiger partial charge in [0.1, 0.15) is 5.76 Å². The van der Waals surface area contributed by atoms with Gasteiger partial charge in [-0.25, -0.2) is 0 Å². The number of anilines is 1. The molecule has 4 nitrogen and oxygen atoms in total. The van der Waals surface area contributed by atoms with Gasteiger partial charge in [0.05, 0.1) is 12.2 Å². The largest absolute Gasteiger partial charge is 0.452 e. The minimum atomic E-state index is -0.0220. The van der Waals surface area contributed by atoms with Crippen molar-refractivity contribution in [1.29, 1.82) is 0 Å². The number of furan rings is 1. The molecule has 5 heteroatoms. The van der Waals surface area contributed by atoms with E-state index in [0.717, 1.165) is 11.4 Å². The lowest BCUT2D eigenvalue weighted by Gasteiger charge is -2.05. The molecule has 2 heterocycles. The summed E-state index contributed by atoms with van der Waals surface area (Å²) in [6.07, 6.45) is 1.75. The Labute approximate surface area is 101 Å². The molecule has 0 saturated carbocycles. The van der Waals surface area contributed by atoms with Gasteiger partial charge < -0.3 is 14.3 Å². The fourth-order valence-electron chi connectivity index (χ4n) is 1.33. The second kappa shape index (κ2) is 4.57. The fraction of sp³-hybridized carbons (Fsp3) is 0.182. The maximum absolute atomic E-state index is 11.2. The van der Waals surface area contributed by atoms with Gasteiger partial charge in [-0.15, -0.1) is 0 Å². The Bertz CT molecular complexity index is 545. The van der Waals surface area contributed by atoms with Crippen molar-refractivity contribution in [2.75, 3.05) is 5.32 Å². The SMILES string of the molecule is Cn1cc(NCc2ccc(Br)o2)ccc1=O. The summed E-state index contributed by atoms with van der Waals surface area (Å²) in [6.45, 7) is 0.587. The highest BCUT2D eigenvalue weighted by atomic mass is 79.9. The van der Waals surface area contributed by atoms with Gasteiger partial charge in [0.25, 0.3) is 0 Å². The van der Waals surface area contributed by atoms with Crippen molar-refractivity contribution in [2.45, 2.75) is 6.54 Å². The van der Waals surface area contributed by atoms with Crippen LogP contribution < -0.4 is 10.9 Å². The van der Waals surface area contributed by atoms with Crippen molar-refractivity contribution in [2.24, 2.45) is 7.05 Å². The normalized spacial score (nSPS) is 10.4. The molecule has 0 fully saturated rings. The average Bonchev–Trinajstić information content (AvgIpc) is 2.66. The number of rotatable bonds is 3. The first-order chi connectivity index (χ1) is 7.65. The quantitative estimate of drug-likeness (QED) is 0.940. The lowest BCUT2D eigenvalue weighted by Crippen LogP contribution is -2.15. The summed E-state index contributed by atoms with van der Waals surface area (Å²) in [5.74, 6) is 0.834. The number of nitrogens with zero attached hydrogens (tertiary/aromatic N) is 1. The van der Waals surface area contributed by atoms with E-state index in [1.165, 1.54) is 10.6 Å². The molecule has 2 aromatic rings. The molecule has 1 N–H and O–H groups in total. The maximum atomic E-state index is 11.2. The number of hydrogen-bond donors (Lipinski definition) is 1. The summed E-state index contributed by atoms with van der Waals surface area (Å²) in [7, 11) is 1.72. The zero-order valence-electron chi connectivity index (χ0n) is 8.74. The van der Waals surface area contributed by atoms with Crippen LogP contribution >= 0.6 is 15.9 Å². The zero-order chi connectivity index (χ0) is 11.5. The smallest absolute Gasteiger partial charge is 0.250 e. The van der Waals surface area contributed by atoms with Gasteiger partial charge in [0, 0.05) is 19.3 Å². The lowest BCUT2D eigenvalue weighted by molar-refractivity contribution is 0.495. The molecule has 0 bridgehead atoms. The number of aryl methyl sites for hydroxylation is 1. The Kier molecular flexibility index (Phi) is 3.14. The number of hydrogen-bond acceptors (Lipinski definition) is 3. The minimum Gasteiger partial charge on any atom is -0.452 e. The van der Waals surface area contributed by atoms with Crippen LogP contribution in [0.25, 0.3) is 0 Å². The van der Waals surface area contributed by atoms with Gasteiger partial charge in [0.2, 0.25) is 5.56 Å². The first kappa shape index (κ1) is 11.0. The highest BCUT2D eigenvalue weighted by molar-refractivity contribution is 9.10. The van der Waals surface area contributed by atoms with Gasteiger partial charge in [-0.3, -0.25) is 4.79 Å². The van der Waals surface area contributed by atoms with Crippen LogP contribution in [-0.4, -0.2) is 4.57 Å². The molecule has 0 unspecified atom stereocenters. The topological polar surface area (TPSA) is 47.2 Å². The van der Waals surface area contributed by atoms with Crippen LogP contribution in [0.3, 0.4) is 0 Å². The molecule has 0 aliphatic rings. The first-order valence-electron chi connectivity index (χ1n) is 4.80. The summed E-state index contributed by atoms with van der Waals surface area (Å²) < 4.78 is 7.59. The molecule has 2 aromatic heterocycles. The molecule has 0 atom stereocenters. The van der Waals surface area contributed by atoms with Crippen molar-refractivity contribution in [3.05, 3.63) is 51.2 Å². The van der Waals surface area contributed by atoms with E-state index < -0.39 is 0 Å². The van der Waals surface area contributed by atoms with E-state index in [9.17, 15) is 4.79 Å². The summed E-state index contributed by atoms with van der Waals surface area (Å²) in [5.41, 5.74) is 0.862. The van der Waals surface area contributed by atoms with Gasteiger partial charge >= 0.3 is 0 Å². The highest BCUT2D eigenvalue weighted by Crippen LogP contribution is 2.15. The van der Waals surface area contributed by atoms with Gasteiger partial charge in [0.15, 0.2) is 4.67 Å². The van der Waals surface area contributed by atoms with Crippen molar-refractivity contribution >= 4 is 21.6 Å². The van der Waals surface area contributed by atoms with E-state index in [1.807, 2.05) is 12.1 Å². The molecular weight excluding hydrogens is 272 g/mol. The monoisotopic (exact) mass is 282 g/mol. The standard InChI is InChI=1S/C11H11BrN2O2/c1-14-7-8(2-5-11(14)15)13-6-9-3-4-10(12)16-9/h2-5,7,13H,6H2,1H3. The molecule has 84 valence electrons. The Hall–Kier alpha value is -1.49. The Balaban J connectivity index is 2.05. The number of nitrogens with one attached hydrogen (secondary N) is 1. The van der Waals surface area contributed by atoms with Gasteiger partial charge in [-0.05, 0) is 34.1 Å². The molecule has 0 radical (unpaired) electrons.